The highest BCUT2D eigenvalue weighted by atomic mass is 35.5. The van der Waals surface area contributed by atoms with Crippen molar-refractivity contribution in [1.82, 2.24) is 5.32 Å². The number of halogens is 1. The van der Waals surface area contributed by atoms with Gasteiger partial charge in [0.25, 0.3) is 0 Å². The lowest BCUT2D eigenvalue weighted by atomic mass is 9.78. The first-order chi connectivity index (χ1) is 15.8. The fourth-order valence-electron chi connectivity index (χ4n) is 5.11. The number of rotatable bonds is 11. The van der Waals surface area contributed by atoms with Crippen molar-refractivity contribution in [2.75, 3.05) is 19.7 Å². The Balaban J connectivity index is 0.00000306. The summed E-state index contributed by atoms with van der Waals surface area (Å²) in [7, 11) is 0. The van der Waals surface area contributed by atoms with Crippen molar-refractivity contribution in [1.29, 1.82) is 0 Å². The standard InChI is InChI=1S/C30H37NO.ClH/c1-2-3-22-32-28-18-16-27(17-19-28)30(20-10-11-21-30)24-31-23-29(25-12-6-4-7-13-25)26-14-8-5-9-15-26;/h4-9,12-19,29,31H,2-3,10-11,20-24H2,1H3;1H. The van der Waals surface area contributed by atoms with Gasteiger partial charge in [0.15, 0.2) is 0 Å². The van der Waals surface area contributed by atoms with Crippen LogP contribution in [0.25, 0.3) is 0 Å². The van der Waals surface area contributed by atoms with Gasteiger partial charge >= 0.3 is 0 Å². The molecule has 4 rings (SSSR count). The number of hydrogen-bond acceptors (Lipinski definition) is 2. The van der Waals surface area contributed by atoms with E-state index in [1.807, 2.05) is 0 Å². The molecule has 2 nitrogen and oxygen atoms in total. The molecular weight excluding hydrogens is 426 g/mol. The molecule has 1 fully saturated rings. The molecule has 1 aliphatic carbocycles. The van der Waals surface area contributed by atoms with E-state index in [4.69, 9.17) is 4.74 Å². The van der Waals surface area contributed by atoms with Crippen LogP contribution in [0.15, 0.2) is 84.9 Å². The Bertz CT molecular complexity index is 881. The average molecular weight is 464 g/mol. The molecule has 1 N–H and O–H groups in total. The van der Waals surface area contributed by atoms with E-state index in [9.17, 15) is 0 Å². The molecule has 0 aliphatic heterocycles. The molecule has 33 heavy (non-hydrogen) atoms. The highest BCUT2D eigenvalue weighted by molar-refractivity contribution is 5.85. The maximum absolute atomic E-state index is 5.89. The van der Waals surface area contributed by atoms with Crippen LogP contribution in [0.1, 0.15) is 68.1 Å². The molecule has 1 aliphatic rings. The highest BCUT2D eigenvalue weighted by Gasteiger charge is 2.35. The lowest BCUT2D eigenvalue weighted by Crippen LogP contribution is -2.37. The number of unbranched alkanes of at least 4 members (excludes halogenated alkanes) is 1. The van der Waals surface area contributed by atoms with Gasteiger partial charge in [-0.15, -0.1) is 12.4 Å². The Labute approximate surface area is 206 Å². The molecule has 0 atom stereocenters. The van der Waals surface area contributed by atoms with Gasteiger partial charge in [0.1, 0.15) is 5.75 Å². The first kappa shape index (κ1) is 25.3. The number of ether oxygens (including phenoxy) is 1. The third-order valence-corrected chi connectivity index (χ3v) is 7.01. The van der Waals surface area contributed by atoms with Crippen LogP contribution in [0.5, 0.6) is 5.75 Å². The molecule has 3 aromatic carbocycles. The summed E-state index contributed by atoms with van der Waals surface area (Å²) in [5.74, 6) is 1.36. The van der Waals surface area contributed by atoms with Gasteiger partial charge in [0, 0.05) is 24.4 Å². The SMILES string of the molecule is CCCCOc1ccc(C2(CNCC(c3ccccc3)c3ccccc3)CCCC2)cc1.Cl. The van der Waals surface area contributed by atoms with Gasteiger partial charge in [-0.1, -0.05) is 99.0 Å². The summed E-state index contributed by atoms with van der Waals surface area (Å²) in [4.78, 5) is 0. The smallest absolute Gasteiger partial charge is 0.119 e. The first-order valence-corrected chi connectivity index (χ1v) is 12.3. The van der Waals surface area contributed by atoms with Crippen molar-refractivity contribution < 1.29 is 4.74 Å². The minimum absolute atomic E-state index is 0. The zero-order valence-corrected chi connectivity index (χ0v) is 20.7. The van der Waals surface area contributed by atoms with Crippen molar-refractivity contribution in [3.05, 3.63) is 102 Å². The Morgan fingerprint density at radius 3 is 1.94 bits per heavy atom. The largest absolute Gasteiger partial charge is 0.494 e. The fourth-order valence-corrected chi connectivity index (χ4v) is 5.11. The second-order valence-corrected chi connectivity index (χ2v) is 9.22. The van der Waals surface area contributed by atoms with Gasteiger partial charge in [-0.25, -0.2) is 0 Å². The zero-order valence-electron chi connectivity index (χ0n) is 19.8. The van der Waals surface area contributed by atoms with Gasteiger partial charge in [0.05, 0.1) is 6.61 Å². The van der Waals surface area contributed by atoms with Crippen LogP contribution >= 0.6 is 12.4 Å². The average Bonchev–Trinajstić information content (AvgIpc) is 3.34. The lowest BCUT2D eigenvalue weighted by Gasteiger charge is -2.31. The Morgan fingerprint density at radius 1 is 0.818 bits per heavy atom. The van der Waals surface area contributed by atoms with E-state index in [0.29, 0.717) is 5.92 Å². The summed E-state index contributed by atoms with van der Waals surface area (Å²) in [6.07, 6.45) is 7.43. The zero-order chi connectivity index (χ0) is 22.1. The van der Waals surface area contributed by atoms with Crippen molar-refractivity contribution in [3.63, 3.8) is 0 Å². The predicted molar refractivity (Wildman–Crippen MR) is 142 cm³/mol. The summed E-state index contributed by atoms with van der Waals surface area (Å²) in [6, 6.07) is 30.7. The predicted octanol–water partition coefficient (Wildman–Crippen LogP) is 7.52. The van der Waals surface area contributed by atoms with E-state index in [2.05, 4.69) is 97.2 Å². The quantitative estimate of drug-likeness (QED) is 0.297. The second kappa shape index (κ2) is 12.8. The van der Waals surface area contributed by atoms with Gasteiger partial charge in [-0.3, -0.25) is 0 Å². The lowest BCUT2D eigenvalue weighted by molar-refractivity contribution is 0.309. The maximum Gasteiger partial charge on any atom is 0.119 e. The molecule has 0 spiro atoms. The summed E-state index contributed by atoms with van der Waals surface area (Å²) < 4.78 is 5.89. The first-order valence-electron chi connectivity index (χ1n) is 12.3. The Morgan fingerprint density at radius 2 is 1.39 bits per heavy atom. The Hall–Kier alpha value is -2.29. The van der Waals surface area contributed by atoms with Crippen molar-refractivity contribution in [3.8, 4) is 5.75 Å². The fraction of sp³-hybridized carbons (Fsp3) is 0.400. The molecule has 0 amide bonds. The van der Waals surface area contributed by atoms with E-state index < -0.39 is 0 Å². The molecular formula is C30H38ClNO. The Kier molecular flexibility index (Phi) is 9.84. The molecule has 0 unspecified atom stereocenters. The van der Waals surface area contributed by atoms with E-state index in [-0.39, 0.29) is 17.8 Å². The molecule has 176 valence electrons. The molecule has 3 aromatic rings. The topological polar surface area (TPSA) is 21.3 Å². The van der Waals surface area contributed by atoms with Crippen LogP contribution in [0, 0.1) is 0 Å². The number of nitrogens with one attached hydrogen (secondary N) is 1. The molecule has 3 heteroatoms. The second-order valence-electron chi connectivity index (χ2n) is 9.22. The monoisotopic (exact) mass is 463 g/mol. The molecule has 0 bridgehead atoms. The van der Waals surface area contributed by atoms with Crippen molar-refractivity contribution in [2.45, 2.75) is 56.8 Å². The van der Waals surface area contributed by atoms with Gasteiger partial charge in [0.2, 0.25) is 0 Å². The minimum atomic E-state index is 0. The number of hydrogen-bond donors (Lipinski definition) is 1. The van der Waals surface area contributed by atoms with Crippen LogP contribution in [0.3, 0.4) is 0 Å². The number of benzene rings is 3. The van der Waals surface area contributed by atoms with Gasteiger partial charge in [-0.2, -0.15) is 0 Å². The third-order valence-electron chi connectivity index (χ3n) is 7.01. The molecule has 1 saturated carbocycles. The minimum Gasteiger partial charge on any atom is -0.494 e. The summed E-state index contributed by atoms with van der Waals surface area (Å²) in [6.45, 7) is 4.99. The third kappa shape index (κ3) is 6.62. The highest BCUT2D eigenvalue weighted by Crippen LogP contribution is 2.41. The van der Waals surface area contributed by atoms with Crippen LogP contribution in [0.2, 0.25) is 0 Å². The molecule has 0 saturated heterocycles. The van der Waals surface area contributed by atoms with E-state index in [1.165, 1.54) is 48.8 Å². The summed E-state index contributed by atoms with van der Waals surface area (Å²) >= 11 is 0. The molecule has 0 radical (unpaired) electrons. The summed E-state index contributed by atoms with van der Waals surface area (Å²) in [5, 5.41) is 3.89. The van der Waals surface area contributed by atoms with Crippen LogP contribution in [-0.2, 0) is 5.41 Å². The van der Waals surface area contributed by atoms with Crippen molar-refractivity contribution >= 4 is 12.4 Å². The normalized spacial score (nSPS) is 14.7. The van der Waals surface area contributed by atoms with E-state index in [0.717, 1.165) is 31.9 Å². The van der Waals surface area contributed by atoms with Crippen LogP contribution in [-0.4, -0.2) is 19.7 Å². The maximum atomic E-state index is 5.89. The van der Waals surface area contributed by atoms with E-state index >= 15 is 0 Å². The van der Waals surface area contributed by atoms with Crippen LogP contribution in [0.4, 0.5) is 0 Å². The molecule has 0 aromatic heterocycles. The van der Waals surface area contributed by atoms with E-state index in [1.54, 1.807) is 0 Å². The summed E-state index contributed by atoms with van der Waals surface area (Å²) in [5.41, 5.74) is 4.45. The molecule has 0 heterocycles. The van der Waals surface area contributed by atoms with Crippen LogP contribution < -0.4 is 10.1 Å². The van der Waals surface area contributed by atoms with Gasteiger partial charge < -0.3 is 10.1 Å². The van der Waals surface area contributed by atoms with Gasteiger partial charge in [-0.05, 0) is 48.1 Å². The van der Waals surface area contributed by atoms with Crippen molar-refractivity contribution in [2.24, 2.45) is 0 Å².